The van der Waals surface area contributed by atoms with Crippen molar-refractivity contribution in [2.24, 2.45) is 5.92 Å². The van der Waals surface area contributed by atoms with E-state index in [0.29, 0.717) is 5.92 Å². The van der Waals surface area contributed by atoms with E-state index < -0.39 is 5.97 Å². The number of hydrogen-bond donors (Lipinski definition) is 1. The van der Waals surface area contributed by atoms with E-state index in [9.17, 15) is 9.90 Å². The Morgan fingerprint density at radius 2 is 1.80 bits per heavy atom. The number of carboxylic acids is 1. The van der Waals surface area contributed by atoms with Crippen LogP contribution in [0.3, 0.4) is 0 Å². The fraction of sp³-hybridized carbons (Fsp3) is 0.462. The van der Waals surface area contributed by atoms with Gasteiger partial charge in [-0.2, -0.15) is 0 Å². The van der Waals surface area contributed by atoms with Gasteiger partial charge in [-0.25, -0.2) is 4.98 Å². The van der Waals surface area contributed by atoms with Crippen molar-refractivity contribution in [1.82, 2.24) is 9.55 Å². The highest BCUT2D eigenvalue weighted by atomic mass is 16.4. The largest absolute Gasteiger partial charge is 0.481 e. The van der Waals surface area contributed by atoms with Crippen LogP contribution in [0.4, 0.5) is 0 Å². The van der Waals surface area contributed by atoms with Gasteiger partial charge in [-0.05, 0) is 73.8 Å². The Morgan fingerprint density at radius 1 is 1.10 bits per heavy atom. The van der Waals surface area contributed by atoms with Crippen LogP contribution in [0.15, 0.2) is 36.4 Å². The fourth-order valence-corrected chi connectivity index (χ4v) is 5.33. The molecule has 1 unspecified atom stereocenters. The standard InChI is InChI=1S/C26H30N2O2/c1-16-13-17(2)24-22(14-16)28(25(27-24)21-11-12-21)15-18-7-9-20(10-8-18)23(26(29)30)19-5-3-4-6-19/h7-10,13-14,19,21,23H,3-6,11-12,15H2,1-2H3,(H,29,30). The summed E-state index contributed by atoms with van der Waals surface area (Å²) in [5.74, 6) is 1.01. The number of hydrogen-bond acceptors (Lipinski definition) is 2. The number of rotatable bonds is 6. The molecule has 2 saturated carbocycles. The molecule has 5 rings (SSSR count). The highest BCUT2D eigenvalue weighted by molar-refractivity contribution is 5.81. The molecule has 1 aromatic heterocycles. The summed E-state index contributed by atoms with van der Waals surface area (Å²) in [5, 5.41) is 9.83. The molecule has 30 heavy (non-hydrogen) atoms. The topological polar surface area (TPSA) is 55.1 Å². The van der Waals surface area contributed by atoms with Gasteiger partial charge in [-0.15, -0.1) is 0 Å². The molecule has 3 aromatic rings. The van der Waals surface area contributed by atoms with E-state index in [-0.39, 0.29) is 11.8 Å². The van der Waals surface area contributed by atoms with Crippen LogP contribution in [0.25, 0.3) is 11.0 Å². The Labute approximate surface area is 177 Å². The number of carboxylic acid groups (broad SMARTS) is 1. The maximum absolute atomic E-state index is 12.0. The molecule has 0 spiro atoms. The monoisotopic (exact) mass is 402 g/mol. The lowest BCUT2D eigenvalue weighted by Gasteiger charge is -2.20. The van der Waals surface area contributed by atoms with Gasteiger partial charge in [0.2, 0.25) is 0 Å². The maximum Gasteiger partial charge on any atom is 0.311 e. The van der Waals surface area contributed by atoms with Gasteiger partial charge in [0.25, 0.3) is 0 Å². The Kier molecular flexibility index (Phi) is 4.88. The number of imidazole rings is 1. The molecule has 0 bridgehead atoms. The lowest BCUT2D eigenvalue weighted by molar-refractivity contribution is -0.140. The second-order valence-electron chi connectivity index (χ2n) is 9.38. The Bertz CT molecular complexity index is 1090. The molecule has 156 valence electrons. The van der Waals surface area contributed by atoms with Crippen LogP contribution in [0.2, 0.25) is 0 Å². The molecule has 4 heteroatoms. The van der Waals surface area contributed by atoms with Crippen LogP contribution in [0, 0.1) is 19.8 Å². The number of aryl methyl sites for hydroxylation is 2. The number of aromatic nitrogens is 2. The first-order chi connectivity index (χ1) is 14.5. The highest BCUT2D eigenvalue weighted by Crippen LogP contribution is 2.42. The summed E-state index contributed by atoms with van der Waals surface area (Å²) < 4.78 is 2.38. The van der Waals surface area contributed by atoms with Gasteiger partial charge in [-0.1, -0.05) is 43.2 Å². The van der Waals surface area contributed by atoms with E-state index in [4.69, 9.17) is 4.98 Å². The second kappa shape index (κ2) is 7.57. The summed E-state index contributed by atoms with van der Waals surface area (Å²) in [5.41, 5.74) is 6.98. The molecule has 0 aliphatic heterocycles. The minimum atomic E-state index is -0.683. The Hall–Kier alpha value is -2.62. The molecule has 2 aliphatic carbocycles. The van der Waals surface area contributed by atoms with Crippen LogP contribution >= 0.6 is 0 Å². The number of carbonyl (C=O) groups is 1. The van der Waals surface area contributed by atoms with Gasteiger partial charge in [0, 0.05) is 12.5 Å². The first-order valence-electron chi connectivity index (χ1n) is 11.3. The summed E-state index contributed by atoms with van der Waals surface area (Å²) in [7, 11) is 0. The predicted octanol–water partition coefficient (Wildman–Crippen LogP) is 5.94. The summed E-state index contributed by atoms with van der Waals surface area (Å²) in [6.45, 7) is 5.07. The van der Waals surface area contributed by atoms with Crippen LogP contribution in [0.1, 0.15) is 78.4 Å². The van der Waals surface area contributed by atoms with Gasteiger partial charge in [0.05, 0.1) is 17.0 Å². The van der Waals surface area contributed by atoms with E-state index in [1.54, 1.807) is 0 Å². The summed E-state index contributed by atoms with van der Waals surface area (Å²) in [6.07, 6.45) is 6.82. The van der Waals surface area contributed by atoms with Crippen LogP contribution < -0.4 is 0 Å². The molecular formula is C26H30N2O2. The average molecular weight is 403 g/mol. The van der Waals surface area contributed by atoms with E-state index in [1.807, 2.05) is 12.1 Å². The summed E-state index contributed by atoms with van der Waals surface area (Å²) in [4.78, 5) is 17.0. The van der Waals surface area contributed by atoms with Crippen LogP contribution in [-0.4, -0.2) is 20.6 Å². The zero-order valence-electron chi connectivity index (χ0n) is 17.9. The SMILES string of the molecule is Cc1cc(C)c2nc(C3CC3)n(Cc3ccc(C(C(=O)O)C4CCCC4)cc3)c2c1. The number of nitrogens with zero attached hydrogens (tertiary/aromatic N) is 2. The van der Waals surface area contributed by atoms with Crippen molar-refractivity contribution < 1.29 is 9.90 Å². The van der Waals surface area contributed by atoms with Gasteiger partial charge < -0.3 is 9.67 Å². The lowest BCUT2D eigenvalue weighted by atomic mass is 9.84. The zero-order valence-corrected chi connectivity index (χ0v) is 17.9. The maximum atomic E-state index is 12.0. The molecule has 4 nitrogen and oxygen atoms in total. The highest BCUT2D eigenvalue weighted by Gasteiger charge is 2.32. The molecule has 2 fully saturated rings. The smallest absolute Gasteiger partial charge is 0.311 e. The minimum absolute atomic E-state index is 0.276. The van der Waals surface area contributed by atoms with Crippen molar-refractivity contribution in [1.29, 1.82) is 0 Å². The molecule has 1 N–H and O–H groups in total. The molecule has 2 aromatic carbocycles. The van der Waals surface area contributed by atoms with Gasteiger partial charge in [0.15, 0.2) is 0 Å². The first kappa shape index (κ1) is 19.3. The van der Waals surface area contributed by atoms with Crippen molar-refractivity contribution in [3.8, 4) is 0 Å². The molecule has 0 saturated heterocycles. The molecule has 1 atom stereocenters. The third kappa shape index (κ3) is 3.53. The number of benzene rings is 2. The fourth-order valence-electron chi connectivity index (χ4n) is 5.33. The second-order valence-corrected chi connectivity index (χ2v) is 9.38. The lowest BCUT2D eigenvalue weighted by Crippen LogP contribution is -2.19. The van der Waals surface area contributed by atoms with E-state index in [1.165, 1.54) is 40.9 Å². The van der Waals surface area contributed by atoms with E-state index in [0.717, 1.165) is 43.3 Å². The summed E-state index contributed by atoms with van der Waals surface area (Å²) >= 11 is 0. The normalized spacial score (nSPS) is 18.2. The Balaban J connectivity index is 1.47. The summed E-state index contributed by atoms with van der Waals surface area (Å²) in [6, 6.07) is 12.8. The van der Waals surface area contributed by atoms with Gasteiger partial charge >= 0.3 is 5.97 Å². The number of fused-ring (bicyclic) bond motifs is 1. The Morgan fingerprint density at radius 3 is 2.43 bits per heavy atom. The molecule has 0 radical (unpaired) electrons. The quantitative estimate of drug-likeness (QED) is 0.555. The number of aliphatic carboxylic acids is 1. The van der Waals surface area contributed by atoms with Gasteiger partial charge in [0.1, 0.15) is 5.82 Å². The van der Waals surface area contributed by atoms with Crippen LogP contribution in [-0.2, 0) is 11.3 Å². The minimum Gasteiger partial charge on any atom is -0.481 e. The van der Waals surface area contributed by atoms with E-state index in [2.05, 4.69) is 42.7 Å². The van der Waals surface area contributed by atoms with Crippen molar-refractivity contribution in [3.05, 3.63) is 64.5 Å². The van der Waals surface area contributed by atoms with Gasteiger partial charge in [-0.3, -0.25) is 4.79 Å². The molecular weight excluding hydrogens is 372 g/mol. The first-order valence-corrected chi connectivity index (χ1v) is 11.3. The third-order valence-corrected chi connectivity index (χ3v) is 6.98. The predicted molar refractivity (Wildman–Crippen MR) is 119 cm³/mol. The average Bonchev–Trinajstić information content (AvgIpc) is 3.29. The third-order valence-electron chi connectivity index (χ3n) is 6.98. The van der Waals surface area contributed by atoms with Crippen LogP contribution in [0.5, 0.6) is 0 Å². The van der Waals surface area contributed by atoms with Crippen molar-refractivity contribution in [2.45, 2.75) is 70.8 Å². The van der Waals surface area contributed by atoms with Crippen molar-refractivity contribution in [3.63, 3.8) is 0 Å². The van der Waals surface area contributed by atoms with E-state index >= 15 is 0 Å². The molecule has 0 amide bonds. The van der Waals surface area contributed by atoms with Crippen molar-refractivity contribution in [2.75, 3.05) is 0 Å². The van der Waals surface area contributed by atoms with Crippen molar-refractivity contribution >= 4 is 17.0 Å². The molecule has 2 aliphatic rings. The zero-order chi connectivity index (χ0) is 20.8. The molecule has 1 heterocycles.